The van der Waals surface area contributed by atoms with Crippen LogP contribution < -0.4 is 5.32 Å². The summed E-state index contributed by atoms with van der Waals surface area (Å²) in [7, 11) is 0. The Kier molecular flexibility index (Phi) is 3.08. The maximum absolute atomic E-state index is 9.01. The zero-order valence-corrected chi connectivity index (χ0v) is 10.1. The van der Waals surface area contributed by atoms with Crippen LogP contribution in [0.5, 0.6) is 0 Å². The van der Waals surface area contributed by atoms with E-state index < -0.39 is 0 Å². The molecule has 0 fully saturated rings. The standard InChI is InChI=1S/C13H16N4O/c18-6-5-17-13-9-15-7-11(12(13)8-16-17)10-1-3-14-4-2-10/h1,7-9,14,18H,2-6H2. The van der Waals surface area contributed by atoms with E-state index in [4.69, 9.17) is 5.11 Å². The predicted molar refractivity (Wildman–Crippen MR) is 70.1 cm³/mol. The third-order valence-corrected chi connectivity index (χ3v) is 3.29. The van der Waals surface area contributed by atoms with Crippen LogP contribution in [0.3, 0.4) is 0 Å². The van der Waals surface area contributed by atoms with Crippen LogP contribution in [0.25, 0.3) is 16.5 Å². The number of hydrogen-bond acceptors (Lipinski definition) is 4. The van der Waals surface area contributed by atoms with Crippen LogP contribution in [0, 0.1) is 0 Å². The molecule has 5 nitrogen and oxygen atoms in total. The van der Waals surface area contributed by atoms with Gasteiger partial charge in [-0.15, -0.1) is 0 Å². The number of aromatic nitrogens is 3. The summed E-state index contributed by atoms with van der Waals surface area (Å²) in [5, 5.41) is 17.8. The second-order valence-electron chi connectivity index (χ2n) is 4.39. The highest BCUT2D eigenvalue weighted by Crippen LogP contribution is 2.26. The van der Waals surface area contributed by atoms with E-state index in [1.165, 1.54) is 5.57 Å². The van der Waals surface area contributed by atoms with Crippen molar-refractivity contribution in [3.63, 3.8) is 0 Å². The molecule has 2 N–H and O–H groups in total. The third kappa shape index (κ3) is 1.91. The molecule has 0 aliphatic carbocycles. The van der Waals surface area contributed by atoms with Crippen LogP contribution in [0.15, 0.2) is 24.7 Å². The number of aliphatic hydroxyl groups is 1. The lowest BCUT2D eigenvalue weighted by Gasteiger charge is -2.14. The molecule has 0 atom stereocenters. The largest absolute Gasteiger partial charge is 0.394 e. The molecule has 0 saturated carbocycles. The van der Waals surface area contributed by atoms with Crippen LogP contribution >= 0.6 is 0 Å². The Bertz CT molecular complexity index is 588. The molecule has 2 aromatic rings. The van der Waals surface area contributed by atoms with Crippen molar-refractivity contribution in [2.75, 3.05) is 19.7 Å². The Hall–Kier alpha value is -1.72. The summed E-state index contributed by atoms with van der Waals surface area (Å²) in [6.45, 7) is 2.52. The Morgan fingerprint density at radius 1 is 1.33 bits per heavy atom. The molecule has 0 amide bonds. The monoisotopic (exact) mass is 244 g/mol. The molecular weight excluding hydrogens is 228 g/mol. The molecule has 0 saturated heterocycles. The van der Waals surface area contributed by atoms with Gasteiger partial charge in [0, 0.05) is 23.7 Å². The fraction of sp³-hybridized carbons (Fsp3) is 0.385. The highest BCUT2D eigenvalue weighted by atomic mass is 16.3. The lowest BCUT2D eigenvalue weighted by molar-refractivity contribution is 0.271. The van der Waals surface area contributed by atoms with Crippen LogP contribution in [-0.4, -0.2) is 39.6 Å². The topological polar surface area (TPSA) is 63.0 Å². The van der Waals surface area contributed by atoms with Gasteiger partial charge in [0.2, 0.25) is 0 Å². The first-order valence-electron chi connectivity index (χ1n) is 6.20. The maximum atomic E-state index is 9.01. The number of hydrogen-bond donors (Lipinski definition) is 2. The first kappa shape index (κ1) is 11.4. The van der Waals surface area contributed by atoms with Gasteiger partial charge >= 0.3 is 0 Å². The van der Waals surface area contributed by atoms with E-state index in [0.717, 1.165) is 36.0 Å². The lowest BCUT2D eigenvalue weighted by atomic mass is 9.99. The molecule has 0 aromatic carbocycles. The normalized spacial score (nSPS) is 15.9. The van der Waals surface area contributed by atoms with Gasteiger partial charge in [0.25, 0.3) is 0 Å². The summed E-state index contributed by atoms with van der Waals surface area (Å²) >= 11 is 0. The summed E-state index contributed by atoms with van der Waals surface area (Å²) < 4.78 is 1.80. The van der Waals surface area contributed by atoms with E-state index in [9.17, 15) is 0 Å². The lowest BCUT2D eigenvalue weighted by Crippen LogP contribution is -2.20. The minimum atomic E-state index is 0.0909. The Morgan fingerprint density at radius 3 is 3.06 bits per heavy atom. The van der Waals surface area contributed by atoms with Crippen molar-refractivity contribution in [1.29, 1.82) is 0 Å². The summed E-state index contributed by atoms with van der Waals surface area (Å²) in [6, 6.07) is 0. The van der Waals surface area contributed by atoms with Gasteiger partial charge in [-0.05, 0) is 18.5 Å². The molecular formula is C13H16N4O. The summed E-state index contributed by atoms with van der Waals surface area (Å²) in [6.07, 6.45) is 8.81. The highest BCUT2D eigenvalue weighted by molar-refractivity contribution is 5.91. The Morgan fingerprint density at radius 2 is 2.28 bits per heavy atom. The minimum absolute atomic E-state index is 0.0909. The summed E-state index contributed by atoms with van der Waals surface area (Å²) in [5.41, 5.74) is 3.48. The van der Waals surface area contributed by atoms with E-state index in [0.29, 0.717) is 6.54 Å². The average molecular weight is 244 g/mol. The molecule has 0 bridgehead atoms. The van der Waals surface area contributed by atoms with Gasteiger partial charge in [0.05, 0.1) is 31.1 Å². The summed E-state index contributed by atoms with van der Waals surface area (Å²) in [4.78, 5) is 4.30. The summed E-state index contributed by atoms with van der Waals surface area (Å²) in [5.74, 6) is 0. The number of nitrogens with zero attached hydrogens (tertiary/aromatic N) is 3. The molecule has 3 heterocycles. The van der Waals surface area contributed by atoms with E-state index in [1.807, 2.05) is 18.6 Å². The molecule has 0 unspecified atom stereocenters. The fourth-order valence-corrected chi connectivity index (χ4v) is 2.39. The van der Waals surface area contributed by atoms with Crippen molar-refractivity contribution in [2.45, 2.75) is 13.0 Å². The molecule has 3 rings (SSSR count). The van der Waals surface area contributed by atoms with Crippen LogP contribution in [-0.2, 0) is 6.54 Å². The van der Waals surface area contributed by atoms with Crippen molar-refractivity contribution in [1.82, 2.24) is 20.1 Å². The van der Waals surface area contributed by atoms with Gasteiger partial charge < -0.3 is 10.4 Å². The second kappa shape index (κ2) is 4.88. The Balaban J connectivity index is 2.10. The van der Waals surface area contributed by atoms with Crippen LogP contribution in [0.4, 0.5) is 0 Å². The SMILES string of the molecule is OCCn1ncc2c(C3=CCNCC3)cncc21. The van der Waals surface area contributed by atoms with Gasteiger partial charge in [-0.1, -0.05) is 6.08 Å². The van der Waals surface area contributed by atoms with Gasteiger partial charge in [0.15, 0.2) is 0 Å². The first-order valence-corrected chi connectivity index (χ1v) is 6.20. The minimum Gasteiger partial charge on any atom is -0.394 e. The van der Waals surface area contributed by atoms with E-state index in [1.54, 1.807) is 4.68 Å². The van der Waals surface area contributed by atoms with Crippen molar-refractivity contribution in [2.24, 2.45) is 0 Å². The molecule has 18 heavy (non-hydrogen) atoms. The second-order valence-corrected chi connectivity index (χ2v) is 4.39. The fourth-order valence-electron chi connectivity index (χ4n) is 2.39. The number of rotatable bonds is 3. The predicted octanol–water partition coefficient (Wildman–Crippen LogP) is 0.800. The quantitative estimate of drug-likeness (QED) is 0.838. The zero-order chi connectivity index (χ0) is 12.4. The van der Waals surface area contributed by atoms with Crippen molar-refractivity contribution in [3.05, 3.63) is 30.2 Å². The van der Waals surface area contributed by atoms with Gasteiger partial charge in [-0.3, -0.25) is 9.67 Å². The Labute approximate surface area is 105 Å². The van der Waals surface area contributed by atoms with E-state index >= 15 is 0 Å². The van der Waals surface area contributed by atoms with Gasteiger partial charge in [-0.2, -0.15) is 5.10 Å². The van der Waals surface area contributed by atoms with Crippen molar-refractivity contribution < 1.29 is 5.11 Å². The van der Waals surface area contributed by atoms with Crippen molar-refractivity contribution >= 4 is 16.5 Å². The molecule has 1 aliphatic rings. The van der Waals surface area contributed by atoms with Gasteiger partial charge in [-0.25, -0.2) is 0 Å². The van der Waals surface area contributed by atoms with Crippen LogP contribution in [0.1, 0.15) is 12.0 Å². The van der Waals surface area contributed by atoms with Crippen LogP contribution in [0.2, 0.25) is 0 Å². The average Bonchev–Trinajstić information content (AvgIpc) is 2.84. The number of aliphatic hydroxyl groups excluding tert-OH is 1. The maximum Gasteiger partial charge on any atom is 0.0872 e. The third-order valence-electron chi connectivity index (χ3n) is 3.29. The molecule has 1 aliphatic heterocycles. The highest BCUT2D eigenvalue weighted by Gasteiger charge is 2.12. The van der Waals surface area contributed by atoms with Crippen molar-refractivity contribution in [3.8, 4) is 0 Å². The number of fused-ring (bicyclic) bond motifs is 1. The van der Waals surface area contributed by atoms with E-state index in [-0.39, 0.29) is 6.61 Å². The molecule has 0 radical (unpaired) electrons. The number of pyridine rings is 1. The first-order chi connectivity index (χ1) is 8.90. The molecule has 5 heteroatoms. The molecule has 94 valence electrons. The number of nitrogens with one attached hydrogen (secondary N) is 1. The molecule has 2 aromatic heterocycles. The smallest absolute Gasteiger partial charge is 0.0872 e. The molecule has 0 spiro atoms. The van der Waals surface area contributed by atoms with Gasteiger partial charge in [0.1, 0.15) is 0 Å². The zero-order valence-electron chi connectivity index (χ0n) is 10.1. The van der Waals surface area contributed by atoms with E-state index in [2.05, 4.69) is 21.5 Å².